The van der Waals surface area contributed by atoms with Crippen LogP contribution in [0.25, 0.3) is 0 Å². The van der Waals surface area contributed by atoms with Crippen molar-refractivity contribution in [3.63, 3.8) is 0 Å². The number of hydrogen-bond donors (Lipinski definition) is 1. The first-order chi connectivity index (χ1) is 4.25. The molecule has 2 nitrogen and oxygen atoms in total. The molecule has 1 saturated carbocycles. The molecule has 1 rings (SSSR count). The summed E-state index contributed by atoms with van der Waals surface area (Å²) in [6.45, 7) is 5.12. The van der Waals surface area contributed by atoms with Gasteiger partial charge in [-0.15, -0.1) is 0 Å². The van der Waals surface area contributed by atoms with Gasteiger partial charge < -0.3 is 5.73 Å². The molecule has 0 aliphatic heterocycles. The molecular weight excluding hydrogens is 112 g/mol. The fourth-order valence-electron chi connectivity index (χ4n) is 1.19. The lowest BCUT2D eigenvalue weighted by molar-refractivity contribution is 0.217. The van der Waals surface area contributed by atoms with Crippen molar-refractivity contribution < 1.29 is 0 Å². The van der Waals surface area contributed by atoms with Gasteiger partial charge in [0.05, 0.1) is 0 Å². The van der Waals surface area contributed by atoms with Gasteiger partial charge in [-0.05, 0) is 26.7 Å². The lowest BCUT2D eigenvalue weighted by Crippen LogP contribution is -2.37. The van der Waals surface area contributed by atoms with Crippen LogP contribution in [0.15, 0.2) is 0 Å². The van der Waals surface area contributed by atoms with E-state index in [2.05, 4.69) is 18.7 Å². The Labute approximate surface area is 57.0 Å². The minimum atomic E-state index is 0.627. The van der Waals surface area contributed by atoms with Gasteiger partial charge >= 0.3 is 0 Å². The average Bonchev–Trinajstić information content (AvgIpc) is 2.50. The van der Waals surface area contributed by atoms with E-state index in [0.717, 1.165) is 12.7 Å². The first-order valence-electron chi connectivity index (χ1n) is 3.71. The fourth-order valence-corrected chi connectivity index (χ4v) is 1.19. The summed E-state index contributed by atoms with van der Waals surface area (Å²) in [4.78, 5) is 2.35. The first-order valence-corrected chi connectivity index (χ1v) is 3.71. The van der Waals surface area contributed by atoms with E-state index in [1.54, 1.807) is 0 Å². The topological polar surface area (TPSA) is 29.3 Å². The van der Waals surface area contributed by atoms with E-state index in [9.17, 15) is 0 Å². The maximum Gasteiger partial charge on any atom is 0.0460 e. The van der Waals surface area contributed by atoms with E-state index in [0.29, 0.717) is 6.04 Å². The molecular formula is C7H16N2. The van der Waals surface area contributed by atoms with Crippen LogP contribution in [-0.2, 0) is 0 Å². The summed E-state index contributed by atoms with van der Waals surface area (Å²) in [5.41, 5.74) is 5.54. The highest BCUT2D eigenvalue weighted by Crippen LogP contribution is 2.27. The van der Waals surface area contributed by atoms with Gasteiger partial charge in [0.25, 0.3) is 0 Å². The van der Waals surface area contributed by atoms with E-state index < -0.39 is 0 Å². The number of rotatable bonds is 3. The van der Waals surface area contributed by atoms with Gasteiger partial charge in [-0.2, -0.15) is 0 Å². The third-order valence-corrected chi connectivity index (χ3v) is 1.89. The second kappa shape index (κ2) is 2.67. The Morgan fingerprint density at radius 2 is 2.11 bits per heavy atom. The van der Waals surface area contributed by atoms with Gasteiger partial charge in [0.2, 0.25) is 0 Å². The lowest BCUT2D eigenvalue weighted by Gasteiger charge is -2.23. The summed E-state index contributed by atoms with van der Waals surface area (Å²) in [5, 5.41) is 0. The van der Waals surface area contributed by atoms with Crippen molar-refractivity contribution in [3.8, 4) is 0 Å². The van der Waals surface area contributed by atoms with Crippen LogP contribution in [0, 0.1) is 0 Å². The number of nitrogens with two attached hydrogens (primary N) is 1. The Morgan fingerprint density at radius 3 is 2.22 bits per heavy atom. The predicted molar refractivity (Wildman–Crippen MR) is 39.1 cm³/mol. The van der Waals surface area contributed by atoms with Crippen molar-refractivity contribution in [1.82, 2.24) is 4.90 Å². The molecule has 0 bridgehead atoms. The molecule has 0 saturated heterocycles. The molecule has 0 heterocycles. The van der Waals surface area contributed by atoms with E-state index >= 15 is 0 Å². The molecule has 0 atom stereocenters. The van der Waals surface area contributed by atoms with Crippen LogP contribution >= 0.6 is 0 Å². The summed E-state index contributed by atoms with van der Waals surface area (Å²) in [7, 11) is 0. The Bertz CT molecular complexity index is 84.9. The second-order valence-corrected chi connectivity index (χ2v) is 3.02. The molecule has 1 fully saturated rings. The Kier molecular flexibility index (Phi) is 2.09. The van der Waals surface area contributed by atoms with Gasteiger partial charge in [0.15, 0.2) is 0 Å². The largest absolute Gasteiger partial charge is 0.318 e. The minimum Gasteiger partial charge on any atom is -0.318 e. The van der Waals surface area contributed by atoms with Gasteiger partial charge in [-0.3, -0.25) is 4.90 Å². The summed E-state index contributed by atoms with van der Waals surface area (Å²) in [6.07, 6.45) is 2.71. The van der Waals surface area contributed by atoms with Crippen molar-refractivity contribution in [2.45, 2.75) is 38.8 Å². The van der Waals surface area contributed by atoms with Crippen molar-refractivity contribution in [2.75, 3.05) is 6.67 Å². The molecule has 9 heavy (non-hydrogen) atoms. The molecule has 0 aromatic heterocycles. The minimum absolute atomic E-state index is 0.627. The SMILES string of the molecule is CC(C)N(CN)C1CC1. The third-order valence-electron chi connectivity index (χ3n) is 1.89. The monoisotopic (exact) mass is 128 g/mol. The molecule has 2 N–H and O–H groups in total. The van der Waals surface area contributed by atoms with Crippen molar-refractivity contribution in [2.24, 2.45) is 5.73 Å². The Morgan fingerprint density at radius 1 is 1.56 bits per heavy atom. The van der Waals surface area contributed by atoms with Crippen LogP contribution in [0.5, 0.6) is 0 Å². The summed E-state index contributed by atoms with van der Waals surface area (Å²) in [6, 6.07) is 1.44. The zero-order chi connectivity index (χ0) is 6.85. The van der Waals surface area contributed by atoms with Gasteiger partial charge in [0.1, 0.15) is 0 Å². The second-order valence-electron chi connectivity index (χ2n) is 3.02. The molecule has 2 heteroatoms. The zero-order valence-electron chi connectivity index (χ0n) is 6.30. The maximum absolute atomic E-state index is 5.54. The summed E-state index contributed by atoms with van der Waals surface area (Å²) >= 11 is 0. The molecule has 1 aliphatic carbocycles. The summed E-state index contributed by atoms with van der Waals surface area (Å²) < 4.78 is 0. The van der Waals surface area contributed by atoms with E-state index in [-0.39, 0.29) is 0 Å². The van der Waals surface area contributed by atoms with E-state index in [1.165, 1.54) is 12.8 Å². The van der Waals surface area contributed by atoms with Crippen LogP contribution in [-0.4, -0.2) is 23.7 Å². The van der Waals surface area contributed by atoms with Gasteiger partial charge in [-0.25, -0.2) is 0 Å². The smallest absolute Gasteiger partial charge is 0.0460 e. The van der Waals surface area contributed by atoms with Crippen LogP contribution in [0.2, 0.25) is 0 Å². The van der Waals surface area contributed by atoms with Crippen molar-refractivity contribution in [3.05, 3.63) is 0 Å². The highest BCUT2D eigenvalue weighted by atomic mass is 15.2. The molecule has 0 aromatic rings. The van der Waals surface area contributed by atoms with Crippen LogP contribution < -0.4 is 5.73 Å². The zero-order valence-corrected chi connectivity index (χ0v) is 6.30. The molecule has 0 unspecified atom stereocenters. The highest BCUT2D eigenvalue weighted by Gasteiger charge is 2.29. The molecule has 54 valence electrons. The molecule has 1 aliphatic rings. The highest BCUT2D eigenvalue weighted by molar-refractivity contribution is 4.85. The Hall–Kier alpha value is -0.0800. The van der Waals surface area contributed by atoms with Gasteiger partial charge in [-0.1, -0.05) is 0 Å². The normalized spacial score (nSPS) is 19.7. The molecule has 0 amide bonds. The molecule has 0 aromatic carbocycles. The quantitative estimate of drug-likeness (QED) is 0.569. The lowest BCUT2D eigenvalue weighted by atomic mass is 10.3. The fraction of sp³-hybridized carbons (Fsp3) is 1.00. The maximum atomic E-state index is 5.54. The van der Waals surface area contributed by atoms with Crippen LogP contribution in [0.4, 0.5) is 0 Å². The van der Waals surface area contributed by atoms with Crippen molar-refractivity contribution in [1.29, 1.82) is 0 Å². The molecule has 0 radical (unpaired) electrons. The standard InChI is InChI=1S/C7H16N2/c1-6(2)9(5-8)7-3-4-7/h6-7H,3-5,8H2,1-2H3. The predicted octanol–water partition coefficient (Wildman–Crippen LogP) is 0.775. The number of nitrogens with zero attached hydrogens (tertiary/aromatic N) is 1. The Balaban J connectivity index is 2.28. The van der Waals surface area contributed by atoms with Crippen LogP contribution in [0.3, 0.4) is 0 Å². The summed E-state index contributed by atoms with van der Waals surface area (Å²) in [5.74, 6) is 0. The van der Waals surface area contributed by atoms with Crippen molar-refractivity contribution >= 4 is 0 Å². The number of hydrogen-bond acceptors (Lipinski definition) is 2. The average molecular weight is 128 g/mol. The first kappa shape index (κ1) is 7.03. The van der Waals surface area contributed by atoms with Crippen LogP contribution in [0.1, 0.15) is 26.7 Å². The van der Waals surface area contributed by atoms with E-state index in [1.807, 2.05) is 0 Å². The van der Waals surface area contributed by atoms with Gasteiger partial charge in [0, 0.05) is 18.8 Å². The molecule has 0 spiro atoms. The third kappa shape index (κ3) is 1.66. The van der Waals surface area contributed by atoms with E-state index in [4.69, 9.17) is 5.73 Å².